The molecule has 1 aromatic carbocycles. The summed E-state index contributed by atoms with van der Waals surface area (Å²) in [6, 6.07) is 10.1. The number of thiophene rings is 1. The molecule has 3 heterocycles. The van der Waals surface area contributed by atoms with Crippen molar-refractivity contribution in [3.8, 4) is 0 Å². The minimum atomic E-state index is -3.58. The molecule has 2 aliphatic heterocycles. The summed E-state index contributed by atoms with van der Waals surface area (Å²) in [5.41, 5.74) is 0.994. The highest BCUT2D eigenvalue weighted by Gasteiger charge is 2.36. The number of carbonyl (C=O) groups is 1. The summed E-state index contributed by atoms with van der Waals surface area (Å²) in [7, 11) is -7.07. The molecule has 0 radical (unpaired) electrons. The van der Waals surface area contributed by atoms with Crippen LogP contribution >= 0.6 is 11.3 Å². The molecule has 0 spiro atoms. The lowest BCUT2D eigenvalue weighted by Crippen LogP contribution is -2.53. The minimum absolute atomic E-state index is 0.00874. The molecule has 0 unspecified atom stereocenters. The minimum Gasteiger partial charge on any atom is -0.340 e. The van der Waals surface area contributed by atoms with Crippen LogP contribution in [0.4, 0.5) is 0 Å². The largest absolute Gasteiger partial charge is 0.340 e. The van der Waals surface area contributed by atoms with Gasteiger partial charge in [-0.3, -0.25) is 4.79 Å². The zero-order chi connectivity index (χ0) is 22.9. The number of carbonyl (C=O) groups excluding carboxylic acids is 1. The molecule has 2 saturated heterocycles. The highest BCUT2D eigenvalue weighted by Crippen LogP contribution is 2.28. The van der Waals surface area contributed by atoms with Gasteiger partial charge in [-0.2, -0.15) is 8.61 Å². The normalized spacial score (nSPS) is 19.8. The Balaban J connectivity index is 1.32. The molecule has 11 heteroatoms. The van der Waals surface area contributed by atoms with Gasteiger partial charge in [-0.05, 0) is 43.3 Å². The van der Waals surface area contributed by atoms with E-state index < -0.39 is 20.0 Å². The third kappa shape index (κ3) is 4.62. The number of amides is 1. The van der Waals surface area contributed by atoms with Gasteiger partial charge in [-0.1, -0.05) is 23.8 Å². The van der Waals surface area contributed by atoms with Gasteiger partial charge in [-0.25, -0.2) is 16.8 Å². The number of benzene rings is 1. The number of piperidine rings is 1. The Morgan fingerprint density at radius 3 is 2.00 bits per heavy atom. The van der Waals surface area contributed by atoms with Crippen molar-refractivity contribution >= 4 is 37.3 Å². The van der Waals surface area contributed by atoms with Gasteiger partial charge in [0.2, 0.25) is 15.9 Å². The quantitative estimate of drug-likeness (QED) is 0.630. The van der Waals surface area contributed by atoms with Crippen LogP contribution in [0.3, 0.4) is 0 Å². The molecule has 2 fully saturated rings. The Bertz CT molecular complexity index is 1150. The molecule has 4 rings (SSSR count). The van der Waals surface area contributed by atoms with Crippen LogP contribution in [-0.4, -0.2) is 75.5 Å². The lowest BCUT2D eigenvalue weighted by molar-refractivity contribution is -0.137. The van der Waals surface area contributed by atoms with Crippen LogP contribution in [0.2, 0.25) is 0 Å². The van der Waals surface area contributed by atoms with Gasteiger partial charge < -0.3 is 4.90 Å². The summed E-state index contributed by atoms with van der Waals surface area (Å²) in [5, 5.41) is 1.74. The van der Waals surface area contributed by atoms with Gasteiger partial charge in [0, 0.05) is 45.2 Å². The zero-order valence-electron chi connectivity index (χ0n) is 17.9. The van der Waals surface area contributed by atoms with Crippen molar-refractivity contribution in [2.24, 2.45) is 5.92 Å². The lowest BCUT2D eigenvalue weighted by Gasteiger charge is -2.37. The Labute approximate surface area is 193 Å². The van der Waals surface area contributed by atoms with Crippen molar-refractivity contribution in [1.82, 2.24) is 13.5 Å². The van der Waals surface area contributed by atoms with Crippen LogP contribution in [0.1, 0.15) is 18.4 Å². The van der Waals surface area contributed by atoms with Crippen molar-refractivity contribution < 1.29 is 21.6 Å². The first kappa shape index (κ1) is 23.4. The fraction of sp³-hybridized carbons (Fsp3) is 0.476. The van der Waals surface area contributed by atoms with Gasteiger partial charge in [-0.15, -0.1) is 11.3 Å². The van der Waals surface area contributed by atoms with Crippen molar-refractivity contribution in [3.63, 3.8) is 0 Å². The number of hydrogen-bond donors (Lipinski definition) is 0. The van der Waals surface area contributed by atoms with Crippen LogP contribution in [0.15, 0.2) is 50.9 Å². The summed E-state index contributed by atoms with van der Waals surface area (Å²) in [5.74, 6) is -0.240. The second kappa shape index (κ2) is 9.22. The van der Waals surface area contributed by atoms with E-state index in [0.717, 1.165) is 5.56 Å². The van der Waals surface area contributed by atoms with E-state index in [1.165, 1.54) is 19.9 Å². The Kier molecular flexibility index (Phi) is 6.73. The summed E-state index contributed by atoms with van der Waals surface area (Å²) >= 11 is 1.20. The molecule has 32 heavy (non-hydrogen) atoms. The van der Waals surface area contributed by atoms with Crippen molar-refractivity contribution in [1.29, 1.82) is 0 Å². The summed E-state index contributed by atoms with van der Waals surface area (Å²) < 4.78 is 54.3. The maximum atomic E-state index is 13.0. The summed E-state index contributed by atoms with van der Waals surface area (Å²) in [6.07, 6.45) is 0.955. The number of nitrogens with zero attached hydrogens (tertiary/aromatic N) is 3. The molecule has 2 aliphatic rings. The Hall–Kier alpha value is -1.79. The van der Waals surface area contributed by atoms with E-state index in [2.05, 4.69) is 0 Å². The van der Waals surface area contributed by atoms with E-state index in [9.17, 15) is 21.6 Å². The summed E-state index contributed by atoms with van der Waals surface area (Å²) in [6.45, 7) is 3.75. The van der Waals surface area contributed by atoms with E-state index in [4.69, 9.17) is 0 Å². The van der Waals surface area contributed by atoms with Gasteiger partial charge in [0.15, 0.2) is 0 Å². The predicted octanol–water partition coefficient (Wildman–Crippen LogP) is 1.99. The molecule has 0 N–H and O–H groups in total. The molecule has 8 nitrogen and oxygen atoms in total. The lowest BCUT2D eigenvalue weighted by atomic mass is 9.96. The average molecular weight is 498 g/mol. The SMILES string of the molecule is Cc1ccc(S(=O)(=O)N2CCN(C(=O)C3CCN(S(=O)(=O)c4cccs4)CC3)CC2)cc1. The van der Waals surface area contributed by atoms with E-state index in [-0.39, 0.29) is 29.8 Å². The second-order valence-electron chi connectivity index (χ2n) is 8.15. The fourth-order valence-corrected chi connectivity index (χ4v) is 8.18. The molecule has 0 bridgehead atoms. The van der Waals surface area contributed by atoms with Crippen LogP contribution in [0, 0.1) is 12.8 Å². The molecule has 1 aromatic heterocycles. The van der Waals surface area contributed by atoms with E-state index >= 15 is 0 Å². The zero-order valence-corrected chi connectivity index (χ0v) is 20.3. The average Bonchev–Trinajstić information content (AvgIpc) is 3.35. The monoisotopic (exact) mass is 497 g/mol. The van der Waals surface area contributed by atoms with Gasteiger partial charge in [0.1, 0.15) is 4.21 Å². The first-order chi connectivity index (χ1) is 15.2. The fourth-order valence-electron chi connectivity index (χ4n) is 4.15. The van der Waals surface area contributed by atoms with Crippen LogP contribution in [0.5, 0.6) is 0 Å². The second-order valence-corrected chi connectivity index (χ2v) is 13.2. The maximum absolute atomic E-state index is 13.0. The van der Waals surface area contributed by atoms with Gasteiger partial charge >= 0.3 is 0 Å². The number of hydrogen-bond acceptors (Lipinski definition) is 6. The van der Waals surface area contributed by atoms with E-state index in [1.807, 2.05) is 6.92 Å². The number of rotatable bonds is 5. The molecule has 174 valence electrons. The molecular formula is C21H27N3O5S3. The van der Waals surface area contributed by atoms with Crippen LogP contribution < -0.4 is 0 Å². The van der Waals surface area contributed by atoms with Crippen LogP contribution in [-0.2, 0) is 24.8 Å². The molecule has 1 amide bonds. The highest BCUT2D eigenvalue weighted by molar-refractivity contribution is 7.91. The molecule has 0 atom stereocenters. The number of aryl methyl sites for hydroxylation is 1. The molecule has 0 saturated carbocycles. The summed E-state index contributed by atoms with van der Waals surface area (Å²) in [4.78, 5) is 15.0. The van der Waals surface area contributed by atoms with E-state index in [1.54, 1.807) is 46.7 Å². The third-order valence-corrected chi connectivity index (χ3v) is 11.3. The van der Waals surface area contributed by atoms with E-state index in [0.29, 0.717) is 43.2 Å². The smallest absolute Gasteiger partial charge is 0.252 e. The topological polar surface area (TPSA) is 95.1 Å². The first-order valence-electron chi connectivity index (χ1n) is 10.6. The Morgan fingerprint density at radius 2 is 1.44 bits per heavy atom. The Morgan fingerprint density at radius 1 is 0.844 bits per heavy atom. The van der Waals surface area contributed by atoms with Gasteiger partial charge in [0.05, 0.1) is 4.90 Å². The van der Waals surface area contributed by atoms with Crippen molar-refractivity contribution in [2.45, 2.75) is 28.9 Å². The first-order valence-corrected chi connectivity index (χ1v) is 14.3. The van der Waals surface area contributed by atoms with Crippen LogP contribution in [0.25, 0.3) is 0 Å². The molecule has 0 aliphatic carbocycles. The highest BCUT2D eigenvalue weighted by atomic mass is 32.2. The maximum Gasteiger partial charge on any atom is 0.252 e. The van der Waals surface area contributed by atoms with Gasteiger partial charge in [0.25, 0.3) is 10.0 Å². The molecule has 2 aromatic rings. The standard InChI is InChI=1S/C21H27N3O5S3/c1-17-4-6-19(7-5-17)31(26,27)24-14-12-22(13-15-24)21(25)18-8-10-23(11-9-18)32(28,29)20-3-2-16-30-20/h2-7,16,18H,8-15H2,1H3. The van der Waals surface area contributed by atoms with Crippen molar-refractivity contribution in [2.75, 3.05) is 39.3 Å². The molecular weight excluding hydrogens is 470 g/mol. The predicted molar refractivity (Wildman–Crippen MR) is 122 cm³/mol. The number of sulfonamides is 2. The number of piperazine rings is 1. The third-order valence-electron chi connectivity index (χ3n) is 6.10. The van der Waals surface area contributed by atoms with Crippen molar-refractivity contribution in [3.05, 3.63) is 47.3 Å².